The summed E-state index contributed by atoms with van der Waals surface area (Å²) in [5.41, 5.74) is 5.90. The van der Waals surface area contributed by atoms with Gasteiger partial charge in [-0.2, -0.15) is 11.8 Å². The summed E-state index contributed by atoms with van der Waals surface area (Å²) >= 11 is 1.89. The fraction of sp³-hybridized carbons (Fsp3) is 1.00. The average molecular weight is 246 g/mol. The lowest BCUT2D eigenvalue weighted by molar-refractivity contribution is -0.00424. The first-order chi connectivity index (χ1) is 7.60. The molecule has 0 amide bonds. The van der Waals surface area contributed by atoms with Crippen molar-refractivity contribution in [1.82, 2.24) is 4.90 Å². The van der Waals surface area contributed by atoms with Gasteiger partial charge in [-0.25, -0.2) is 0 Å². The molecule has 0 aromatic heterocycles. The van der Waals surface area contributed by atoms with Gasteiger partial charge in [-0.15, -0.1) is 0 Å². The monoisotopic (exact) mass is 246 g/mol. The van der Waals surface area contributed by atoms with Gasteiger partial charge in [-0.05, 0) is 40.0 Å². The van der Waals surface area contributed by atoms with Gasteiger partial charge in [0.15, 0.2) is 0 Å². The first kappa shape index (κ1) is 14.3. The number of rotatable bonds is 6. The van der Waals surface area contributed by atoms with Crippen molar-refractivity contribution in [2.24, 2.45) is 5.73 Å². The second-order valence-corrected chi connectivity index (χ2v) is 5.75. The molecule has 0 radical (unpaired) electrons. The molecular formula is C12H26N2OS. The molecular weight excluding hydrogens is 220 g/mol. The quantitative estimate of drug-likeness (QED) is 0.772. The number of nitrogens with two attached hydrogens (primary N) is 1. The normalized spacial score (nSPS) is 29.6. The summed E-state index contributed by atoms with van der Waals surface area (Å²) in [7, 11) is 2.17. The van der Waals surface area contributed by atoms with E-state index in [1.807, 2.05) is 11.8 Å². The molecule has 0 aromatic rings. The predicted molar refractivity (Wildman–Crippen MR) is 72.0 cm³/mol. The van der Waals surface area contributed by atoms with Gasteiger partial charge >= 0.3 is 0 Å². The van der Waals surface area contributed by atoms with Crippen molar-refractivity contribution >= 4 is 11.8 Å². The second-order valence-electron chi connectivity index (χ2n) is 4.84. The van der Waals surface area contributed by atoms with Crippen LogP contribution in [0.15, 0.2) is 0 Å². The topological polar surface area (TPSA) is 38.5 Å². The van der Waals surface area contributed by atoms with E-state index in [1.54, 1.807) is 0 Å². The average Bonchev–Trinajstić information content (AvgIpc) is 2.66. The van der Waals surface area contributed by atoms with Gasteiger partial charge in [0.2, 0.25) is 0 Å². The van der Waals surface area contributed by atoms with Gasteiger partial charge in [0.05, 0.1) is 12.2 Å². The van der Waals surface area contributed by atoms with Gasteiger partial charge in [-0.3, -0.25) is 4.90 Å². The summed E-state index contributed by atoms with van der Waals surface area (Å²) in [6.07, 6.45) is 5.21. The van der Waals surface area contributed by atoms with E-state index in [9.17, 15) is 0 Å². The Bertz CT molecular complexity index is 203. The van der Waals surface area contributed by atoms with E-state index < -0.39 is 0 Å². The van der Waals surface area contributed by atoms with Gasteiger partial charge < -0.3 is 10.5 Å². The Hall–Kier alpha value is 0.230. The highest BCUT2D eigenvalue weighted by atomic mass is 32.2. The van der Waals surface area contributed by atoms with Crippen LogP contribution in [0.2, 0.25) is 0 Å². The summed E-state index contributed by atoms with van der Waals surface area (Å²) in [6.45, 7) is 5.10. The molecule has 4 unspecified atom stereocenters. The number of nitrogens with zero attached hydrogens (tertiary/aromatic N) is 1. The largest absolute Gasteiger partial charge is 0.374 e. The maximum absolute atomic E-state index is 5.94. The van der Waals surface area contributed by atoms with Crippen molar-refractivity contribution < 1.29 is 4.74 Å². The molecule has 3 nitrogen and oxygen atoms in total. The van der Waals surface area contributed by atoms with E-state index in [2.05, 4.69) is 32.1 Å². The van der Waals surface area contributed by atoms with E-state index >= 15 is 0 Å². The first-order valence-corrected chi connectivity index (χ1v) is 7.56. The maximum atomic E-state index is 5.94. The van der Waals surface area contributed by atoms with Crippen LogP contribution < -0.4 is 5.73 Å². The number of hydrogen-bond acceptors (Lipinski definition) is 4. The lowest BCUT2D eigenvalue weighted by Gasteiger charge is -2.35. The molecule has 1 heterocycles. The number of likely N-dealkylation sites (N-methyl/N-ethyl adjacent to an activating group) is 1. The molecule has 1 rings (SSSR count). The molecule has 1 fully saturated rings. The van der Waals surface area contributed by atoms with Gasteiger partial charge in [0.25, 0.3) is 0 Å². The number of ether oxygens (including phenoxy) is 1. The molecule has 4 atom stereocenters. The van der Waals surface area contributed by atoms with E-state index in [0.717, 1.165) is 12.2 Å². The van der Waals surface area contributed by atoms with Gasteiger partial charge in [0, 0.05) is 24.4 Å². The Balaban J connectivity index is 2.52. The van der Waals surface area contributed by atoms with Crippen LogP contribution in [0.5, 0.6) is 0 Å². The molecule has 2 N–H and O–H groups in total. The lowest BCUT2D eigenvalue weighted by atomic mass is 10.1. The fourth-order valence-corrected chi connectivity index (χ4v) is 3.10. The van der Waals surface area contributed by atoms with Crippen molar-refractivity contribution in [2.75, 3.05) is 25.6 Å². The number of hydrogen-bond donors (Lipinski definition) is 1. The third kappa shape index (κ3) is 3.62. The Labute approximate surface area is 104 Å². The van der Waals surface area contributed by atoms with E-state index in [0.29, 0.717) is 30.8 Å². The summed E-state index contributed by atoms with van der Waals surface area (Å²) in [5, 5.41) is 0. The van der Waals surface area contributed by atoms with Crippen molar-refractivity contribution in [3.05, 3.63) is 0 Å². The third-order valence-electron chi connectivity index (χ3n) is 3.56. The summed E-state index contributed by atoms with van der Waals surface area (Å²) in [5.74, 6) is 1.15. The van der Waals surface area contributed by atoms with Crippen LogP contribution in [-0.2, 0) is 4.74 Å². The highest BCUT2D eigenvalue weighted by Gasteiger charge is 2.32. The molecule has 0 spiro atoms. The van der Waals surface area contributed by atoms with Gasteiger partial charge in [0.1, 0.15) is 0 Å². The van der Waals surface area contributed by atoms with E-state index in [1.165, 1.54) is 6.42 Å². The summed E-state index contributed by atoms with van der Waals surface area (Å²) in [6, 6.07) is 0.926. The van der Waals surface area contributed by atoms with Crippen LogP contribution in [-0.4, -0.2) is 54.8 Å². The minimum atomic E-state index is 0.328. The SMILES string of the molecule is CSCC(C)N(C)C(CN)C1CCC(C)O1. The van der Waals surface area contributed by atoms with Crippen LogP contribution in [0.4, 0.5) is 0 Å². The van der Waals surface area contributed by atoms with Crippen molar-refractivity contribution in [1.29, 1.82) is 0 Å². The minimum Gasteiger partial charge on any atom is -0.374 e. The standard InChI is InChI=1S/C12H26N2OS/c1-9(8-16-4)14(3)11(7-13)12-6-5-10(2)15-12/h9-12H,5-8,13H2,1-4H3. The zero-order valence-electron chi connectivity index (χ0n) is 11.0. The van der Waals surface area contributed by atoms with Gasteiger partial charge in [-0.1, -0.05) is 0 Å². The molecule has 0 bridgehead atoms. The zero-order valence-corrected chi connectivity index (χ0v) is 11.8. The molecule has 1 aliphatic heterocycles. The highest BCUT2D eigenvalue weighted by Crippen LogP contribution is 2.24. The van der Waals surface area contributed by atoms with E-state index in [4.69, 9.17) is 10.5 Å². The second kappa shape index (κ2) is 6.84. The molecule has 1 saturated heterocycles. The molecule has 16 heavy (non-hydrogen) atoms. The van der Waals surface area contributed by atoms with Crippen LogP contribution in [0.1, 0.15) is 26.7 Å². The van der Waals surface area contributed by atoms with Crippen molar-refractivity contribution in [3.8, 4) is 0 Å². The Morgan fingerprint density at radius 3 is 2.62 bits per heavy atom. The highest BCUT2D eigenvalue weighted by molar-refractivity contribution is 7.98. The Kier molecular flexibility index (Phi) is 6.11. The lowest BCUT2D eigenvalue weighted by Crippen LogP contribution is -2.50. The molecule has 0 aliphatic carbocycles. The van der Waals surface area contributed by atoms with Crippen molar-refractivity contribution in [3.63, 3.8) is 0 Å². The smallest absolute Gasteiger partial charge is 0.0747 e. The Morgan fingerprint density at radius 1 is 1.50 bits per heavy atom. The summed E-state index contributed by atoms with van der Waals surface area (Å²) < 4.78 is 5.94. The molecule has 0 aromatic carbocycles. The molecule has 96 valence electrons. The molecule has 4 heteroatoms. The third-order valence-corrected chi connectivity index (χ3v) is 4.38. The maximum Gasteiger partial charge on any atom is 0.0747 e. The molecule has 0 saturated carbocycles. The fourth-order valence-electron chi connectivity index (χ4n) is 2.38. The minimum absolute atomic E-state index is 0.328. The zero-order chi connectivity index (χ0) is 12.1. The predicted octanol–water partition coefficient (Wildman–Crippen LogP) is 1.56. The summed E-state index contributed by atoms with van der Waals surface area (Å²) in [4.78, 5) is 2.39. The van der Waals surface area contributed by atoms with Crippen LogP contribution in [0, 0.1) is 0 Å². The van der Waals surface area contributed by atoms with Crippen LogP contribution in [0.3, 0.4) is 0 Å². The first-order valence-electron chi connectivity index (χ1n) is 6.16. The Morgan fingerprint density at radius 2 is 2.19 bits per heavy atom. The van der Waals surface area contributed by atoms with Crippen LogP contribution >= 0.6 is 11.8 Å². The van der Waals surface area contributed by atoms with Crippen molar-refractivity contribution in [2.45, 2.75) is 51.0 Å². The van der Waals surface area contributed by atoms with E-state index in [-0.39, 0.29) is 0 Å². The number of thioether (sulfide) groups is 1. The molecule has 1 aliphatic rings. The van der Waals surface area contributed by atoms with Crippen LogP contribution in [0.25, 0.3) is 0 Å².